The Morgan fingerprint density at radius 1 is 0.867 bits per heavy atom. The van der Waals surface area contributed by atoms with Gasteiger partial charge in [-0.15, -0.1) is 0 Å². The maximum absolute atomic E-state index is 13.3. The number of carbonyl (C=O) groups is 1. The number of hydrogen-bond acceptors (Lipinski definition) is 3. The third-order valence-corrected chi connectivity index (χ3v) is 5.48. The largest absolute Gasteiger partial charge is 0.507 e. The first-order valence-electron chi connectivity index (χ1n) is 9.85. The normalized spacial score (nSPS) is 20.3. The highest BCUT2D eigenvalue weighted by atomic mass is 19.3. The van der Waals surface area contributed by atoms with Crippen LogP contribution in [0, 0.1) is 0 Å². The Labute approximate surface area is 171 Å². The third kappa shape index (κ3) is 4.06. The zero-order valence-corrected chi connectivity index (χ0v) is 16.0. The number of fused-ring (bicyclic) bond motifs is 1. The SMILES string of the molecule is O=C(C=Cc1ccc2c(c1)OC(F)(F)C(F)(F)O2)c1ccc(C2CCCCC2)cc1. The van der Waals surface area contributed by atoms with Crippen molar-refractivity contribution in [2.45, 2.75) is 50.2 Å². The zero-order chi connectivity index (χ0) is 21.4. The fourth-order valence-electron chi connectivity index (χ4n) is 3.81. The van der Waals surface area contributed by atoms with Crippen molar-refractivity contribution >= 4 is 11.9 Å². The fraction of sp³-hybridized carbons (Fsp3) is 0.348. The summed E-state index contributed by atoms with van der Waals surface area (Å²) in [6.45, 7) is 0. The lowest BCUT2D eigenvalue weighted by Crippen LogP contribution is -2.52. The minimum Gasteiger partial charge on any atom is -0.421 e. The summed E-state index contributed by atoms with van der Waals surface area (Å²) in [6, 6.07) is 11.1. The number of halogens is 4. The average Bonchev–Trinajstić information content (AvgIpc) is 2.73. The van der Waals surface area contributed by atoms with Crippen molar-refractivity contribution in [3.05, 3.63) is 65.2 Å². The molecule has 0 saturated heterocycles. The van der Waals surface area contributed by atoms with Crippen molar-refractivity contribution in [1.29, 1.82) is 0 Å². The Bertz CT molecular complexity index is 961. The van der Waals surface area contributed by atoms with E-state index in [-0.39, 0.29) is 5.78 Å². The topological polar surface area (TPSA) is 35.5 Å². The van der Waals surface area contributed by atoms with Crippen molar-refractivity contribution in [2.24, 2.45) is 0 Å². The molecule has 0 unspecified atom stereocenters. The van der Waals surface area contributed by atoms with E-state index in [9.17, 15) is 22.4 Å². The van der Waals surface area contributed by atoms with Crippen molar-refractivity contribution < 1.29 is 31.8 Å². The molecular weight excluding hydrogens is 400 g/mol. The van der Waals surface area contributed by atoms with Gasteiger partial charge in [-0.3, -0.25) is 4.79 Å². The van der Waals surface area contributed by atoms with Crippen molar-refractivity contribution in [1.82, 2.24) is 0 Å². The molecule has 0 amide bonds. The number of carbonyl (C=O) groups excluding carboxylic acids is 1. The molecule has 0 atom stereocenters. The van der Waals surface area contributed by atoms with Gasteiger partial charge in [0.25, 0.3) is 0 Å². The molecule has 0 radical (unpaired) electrons. The van der Waals surface area contributed by atoms with Crippen LogP contribution < -0.4 is 9.47 Å². The Hall–Kier alpha value is -2.83. The highest BCUT2D eigenvalue weighted by molar-refractivity contribution is 6.06. The fourth-order valence-corrected chi connectivity index (χ4v) is 3.81. The van der Waals surface area contributed by atoms with Gasteiger partial charge in [-0.1, -0.05) is 55.7 Å². The monoisotopic (exact) mass is 420 g/mol. The van der Waals surface area contributed by atoms with Gasteiger partial charge >= 0.3 is 12.2 Å². The molecule has 2 aromatic rings. The number of alkyl halides is 4. The number of benzene rings is 2. The van der Waals surface area contributed by atoms with E-state index in [0.717, 1.165) is 12.1 Å². The van der Waals surface area contributed by atoms with Gasteiger partial charge in [-0.05, 0) is 48.1 Å². The number of ether oxygens (including phenoxy) is 2. The summed E-state index contributed by atoms with van der Waals surface area (Å²) in [7, 11) is 0. The molecule has 1 fully saturated rings. The predicted octanol–water partition coefficient (Wildman–Crippen LogP) is 6.59. The number of rotatable bonds is 4. The van der Waals surface area contributed by atoms with Crippen molar-refractivity contribution in [3.8, 4) is 11.5 Å². The lowest BCUT2D eigenvalue weighted by molar-refractivity contribution is -0.391. The molecule has 0 bridgehead atoms. The molecule has 1 heterocycles. The first-order valence-corrected chi connectivity index (χ1v) is 9.85. The Morgan fingerprint density at radius 2 is 1.50 bits per heavy atom. The standard InChI is InChI=1S/C23H20F4O3/c24-22(25)23(26,27)30-21-14-15(7-13-20(21)29-22)6-12-19(28)18-10-8-17(9-11-18)16-4-2-1-3-5-16/h6-14,16H,1-5H2. The van der Waals surface area contributed by atoms with Gasteiger partial charge in [0.2, 0.25) is 0 Å². The van der Waals surface area contributed by atoms with Crippen LogP contribution in [-0.4, -0.2) is 18.0 Å². The first-order chi connectivity index (χ1) is 14.2. The second kappa shape index (κ2) is 7.78. The molecule has 7 heteroatoms. The summed E-state index contributed by atoms with van der Waals surface area (Å²) < 4.78 is 61.2. The van der Waals surface area contributed by atoms with Gasteiger partial charge in [-0.2, -0.15) is 17.6 Å². The summed E-state index contributed by atoms with van der Waals surface area (Å²) in [5.74, 6) is -0.719. The maximum Gasteiger partial charge on any atom is 0.507 e. The summed E-state index contributed by atoms with van der Waals surface area (Å²) in [4.78, 5) is 12.4. The molecule has 2 aliphatic rings. The summed E-state index contributed by atoms with van der Waals surface area (Å²) in [5.41, 5.74) is 2.08. The van der Waals surface area contributed by atoms with Crippen LogP contribution in [-0.2, 0) is 0 Å². The smallest absolute Gasteiger partial charge is 0.421 e. The molecule has 1 saturated carbocycles. The Kier molecular flexibility index (Phi) is 5.30. The minimum atomic E-state index is -4.78. The van der Waals surface area contributed by atoms with E-state index in [2.05, 4.69) is 9.47 Å². The third-order valence-electron chi connectivity index (χ3n) is 5.48. The molecule has 2 aromatic carbocycles. The van der Waals surface area contributed by atoms with E-state index in [4.69, 9.17) is 0 Å². The van der Waals surface area contributed by atoms with Crippen LogP contribution in [0.25, 0.3) is 6.08 Å². The number of allylic oxidation sites excluding steroid dienone is 1. The summed E-state index contributed by atoms with van der Waals surface area (Å²) in [6.07, 6.45) is -0.752. The van der Waals surface area contributed by atoms with Crippen LogP contribution in [0.3, 0.4) is 0 Å². The van der Waals surface area contributed by atoms with E-state index < -0.39 is 23.7 Å². The van der Waals surface area contributed by atoms with Crippen molar-refractivity contribution in [3.63, 3.8) is 0 Å². The predicted molar refractivity (Wildman–Crippen MR) is 103 cm³/mol. The molecule has 1 aliphatic heterocycles. The van der Waals surface area contributed by atoms with E-state index >= 15 is 0 Å². The molecule has 158 valence electrons. The van der Waals surface area contributed by atoms with Crippen LogP contribution in [0.1, 0.15) is 59.5 Å². The van der Waals surface area contributed by atoms with Crippen LogP contribution in [0.5, 0.6) is 11.5 Å². The molecule has 1 aliphatic carbocycles. The van der Waals surface area contributed by atoms with E-state index in [1.165, 1.54) is 55.9 Å². The molecule has 3 nitrogen and oxygen atoms in total. The molecule has 0 N–H and O–H groups in total. The van der Waals surface area contributed by atoms with Crippen LogP contribution in [0.2, 0.25) is 0 Å². The first kappa shape index (κ1) is 20.4. The second-order valence-electron chi connectivity index (χ2n) is 7.60. The highest BCUT2D eigenvalue weighted by Crippen LogP contribution is 2.47. The second-order valence-corrected chi connectivity index (χ2v) is 7.60. The molecule has 0 spiro atoms. The molecular formula is C23H20F4O3. The summed E-state index contributed by atoms with van der Waals surface area (Å²) >= 11 is 0. The van der Waals surface area contributed by atoms with Crippen LogP contribution in [0.4, 0.5) is 17.6 Å². The number of ketones is 1. The molecule has 0 aromatic heterocycles. The quantitative estimate of drug-likeness (QED) is 0.318. The zero-order valence-electron chi connectivity index (χ0n) is 16.0. The molecule has 4 rings (SSSR count). The van der Waals surface area contributed by atoms with Gasteiger partial charge in [0.15, 0.2) is 17.3 Å². The van der Waals surface area contributed by atoms with Crippen molar-refractivity contribution in [2.75, 3.05) is 0 Å². The van der Waals surface area contributed by atoms with E-state index in [0.29, 0.717) is 17.0 Å². The molecule has 30 heavy (non-hydrogen) atoms. The van der Waals surface area contributed by atoms with Gasteiger partial charge in [0.05, 0.1) is 0 Å². The Morgan fingerprint density at radius 3 is 2.17 bits per heavy atom. The lowest BCUT2D eigenvalue weighted by Gasteiger charge is -2.31. The highest BCUT2D eigenvalue weighted by Gasteiger charge is 2.65. The van der Waals surface area contributed by atoms with Gasteiger partial charge in [0, 0.05) is 5.56 Å². The van der Waals surface area contributed by atoms with Crippen LogP contribution in [0.15, 0.2) is 48.5 Å². The Balaban J connectivity index is 1.46. The van der Waals surface area contributed by atoms with Gasteiger partial charge in [0.1, 0.15) is 0 Å². The van der Waals surface area contributed by atoms with E-state index in [1.54, 1.807) is 12.1 Å². The number of hydrogen-bond donors (Lipinski definition) is 0. The average molecular weight is 420 g/mol. The maximum atomic E-state index is 13.3. The van der Waals surface area contributed by atoms with Gasteiger partial charge < -0.3 is 9.47 Å². The summed E-state index contributed by atoms with van der Waals surface area (Å²) in [5, 5.41) is 0. The van der Waals surface area contributed by atoms with Gasteiger partial charge in [-0.25, -0.2) is 0 Å². The lowest BCUT2D eigenvalue weighted by atomic mass is 9.84. The van der Waals surface area contributed by atoms with E-state index in [1.807, 2.05) is 12.1 Å². The minimum absolute atomic E-state index is 0.253. The van der Waals surface area contributed by atoms with Crippen LogP contribution >= 0.6 is 0 Å².